The van der Waals surface area contributed by atoms with Crippen LogP contribution in [0.3, 0.4) is 0 Å². The zero-order valence-electron chi connectivity index (χ0n) is 6.10. The summed E-state index contributed by atoms with van der Waals surface area (Å²) >= 11 is 0. The minimum atomic E-state index is -4.67. The molecule has 0 saturated heterocycles. The first kappa shape index (κ1) is 9.31. The summed E-state index contributed by atoms with van der Waals surface area (Å²) in [5.41, 5.74) is 4.82. The van der Waals surface area contributed by atoms with Gasteiger partial charge in [0.25, 0.3) is 0 Å². The Morgan fingerprint density at radius 1 is 1.42 bits per heavy atom. The van der Waals surface area contributed by atoms with Gasteiger partial charge in [0, 0.05) is 0 Å². The minimum Gasteiger partial charge on any atom is -0.369 e. The number of alkyl halides is 3. The monoisotopic (exact) mass is 183 g/mol. The normalized spacial score (nSPS) is 29.6. The molecule has 1 aliphatic rings. The Kier molecular flexibility index (Phi) is 2.27. The third-order valence-corrected chi connectivity index (χ3v) is 1.86. The highest BCUT2D eigenvalue weighted by Gasteiger charge is 2.43. The largest absolute Gasteiger partial charge is 0.522 e. The van der Waals surface area contributed by atoms with Crippen molar-refractivity contribution in [2.45, 2.75) is 25.3 Å². The quantitative estimate of drug-likeness (QED) is 0.687. The smallest absolute Gasteiger partial charge is 0.369 e. The van der Waals surface area contributed by atoms with Gasteiger partial charge in [0.2, 0.25) is 5.91 Å². The number of carbonyl (C=O) groups excluding carboxylic acids is 1. The van der Waals surface area contributed by atoms with E-state index in [1.54, 1.807) is 0 Å². The molecular formula is C6H8F3NO2. The van der Waals surface area contributed by atoms with Crippen LogP contribution in [0.15, 0.2) is 0 Å². The molecule has 2 unspecified atom stereocenters. The summed E-state index contributed by atoms with van der Waals surface area (Å²) in [6.07, 6.45) is -5.11. The molecule has 12 heavy (non-hydrogen) atoms. The van der Waals surface area contributed by atoms with Gasteiger partial charge in [-0.2, -0.15) is 0 Å². The number of hydrogen-bond donors (Lipinski definition) is 1. The highest BCUT2D eigenvalue weighted by Crippen LogP contribution is 2.34. The lowest BCUT2D eigenvalue weighted by molar-refractivity contribution is -0.355. The number of amides is 1. The van der Waals surface area contributed by atoms with Crippen LogP contribution in [0.1, 0.15) is 12.8 Å². The summed E-state index contributed by atoms with van der Waals surface area (Å²) in [7, 11) is 0. The van der Waals surface area contributed by atoms with Crippen molar-refractivity contribution in [3.05, 3.63) is 0 Å². The Morgan fingerprint density at radius 3 is 2.25 bits per heavy atom. The van der Waals surface area contributed by atoms with Crippen molar-refractivity contribution in [2.75, 3.05) is 0 Å². The Hall–Kier alpha value is -0.780. The van der Waals surface area contributed by atoms with Gasteiger partial charge in [0.1, 0.15) is 0 Å². The van der Waals surface area contributed by atoms with Crippen molar-refractivity contribution in [2.24, 2.45) is 11.7 Å². The predicted octanol–water partition coefficient (Wildman–Crippen LogP) is 0.787. The molecule has 0 aromatic heterocycles. The highest BCUT2D eigenvalue weighted by atomic mass is 19.4. The second-order valence-corrected chi connectivity index (χ2v) is 2.69. The molecule has 0 aliphatic heterocycles. The third-order valence-electron chi connectivity index (χ3n) is 1.86. The Morgan fingerprint density at radius 2 is 2.00 bits per heavy atom. The van der Waals surface area contributed by atoms with Crippen molar-refractivity contribution in [1.82, 2.24) is 0 Å². The van der Waals surface area contributed by atoms with Crippen molar-refractivity contribution >= 4 is 5.91 Å². The number of rotatable bonds is 2. The summed E-state index contributed by atoms with van der Waals surface area (Å²) < 4.78 is 38.4. The molecule has 0 radical (unpaired) electrons. The highest BCUT2D eigenvalue weighted by molar-refractivity contribution is 5.78. The number of halogens is 3. The van der Waals surface area contributed by atoms with Crippen LogP contribution in [-0.4, -0.2) is 18.4 Å². The predicted molar refractivity (Wildman–Crippen MR) is 32.8 cm³/mol. The van der Waals surface area contributed by atoms with E-state index < -0.39 is 24.3 Å². The number of primary amides is 1. The molecule has 0 spiro atoms. The molecule has 1 amide bonds. The van der Waals surface area contributed by atoms with E-state index in [4.69, 9.17) is 5.73 Å². The summed E-state index contributed by atoms with van der Waals surface area (Å²) in [4.78, 5) is 10.5. The maximum absolute atomic E-state index is 11.6. The van der Waals surface area contributed by atoms with E-state index in [0.717, 1.165) is 0 Å². The fourth-order valence-corrected chi connectivity index (χ4v) is 1.11. The van der Waals surface area contributed by atoms with E-state index in [9.17, 15) is 18.0 Å². The number of hydrogen-bond acceptors (Lipinski definition) is 2. The number of carbonyl (C=O) groups is 1. The molecule has 3 nitrogen and oxygen atoms in total. The average Bonchev–Trinajstić information content (AvgIpc) is 1.77. The van der Waals surface area contributed by atoms with Gasteiger partial charge in [-0.3, -0.25) is 9.53 Å². The molecule has 6 heteroatoms. The molecule has 0 heterocycles. The molecule has 0 aromatic carbocycles. The van der Waals surface area contributed by atoms with Crippen molar-refractivity contribution in [1.29, 1.82) is 0 Å². The Labute approximate surface area is 66.7 Å². The van der Waals surface area contributed by atoms with E-state index >= 15 is 0 Å². The fraction of sp³-hybridized carbons (Fsp3) is 0.833. The SMILES string of the molecule is NC(=O)C1CCC1OC(F)(F)F. The first-order valence-corrected chi connectivity index (χ1v) is 3.44. The van der Waals surface area contributed by atoms with Crippen molar-refractivity contribution in [3.8, 4) is 0 Å². The lowest BCUT2D eigenvalue weighted by Crippen LogP contribution is -2.45. The van der Waals surface area contributed by atoms with Gasteiger partial charge in [-0.1, -0.05) is 0 Å². The van der Waals surface area contributed by atoms with Gasteiger partial charge in [-0.15, -0.1) is 13.2 Å². The fourth-order valence-electron chi connectivity index (χ4n) is 1.11. The van der Waals surface area contributed by atoms with Crippen LogP contribution in [0, 0.1) is 5.92 Å². The maximum atomic E-state index is 11.6. The molecule has 1 fully saturated rings. The van der Waals surface area contributed by atoms with Crippen LogP contribution < -0.4 is 5.73 Å². The van der Waals surface area contributed by atoms with Crippen molar-refractivity contribution in [3.63, 3.8) is 0 Å². The molecular weight excluding hydrogens is 175 g/mol. The topological polar surface area (TPSA) is 52.3 Å². The van der Waals surface area contributed by atoms with E-state index in [1.807, 2.05) is 0 Å². The zero-order chi connectivity index (χ0) is 9.35. The lowest BCUT2D eigenvalue weighted by Gasteiger charge is -2.33. The van der Waals surface area contributed by atoms with Gasteiger partial charge >= 0.3 is 6.36 Å². The second kappa shape index (κ2) is 2.93. The molecule has 1 saturated carbocycles. The van der Waals surface area contributed by atoms with Crippen LogP contribution in [0.4, 0.5) is 13.2 Å². The van der Waals surface area contributed by atoms with Gasteiger partial charge in [-0.05, 0) is 12.8 Å². The molecule has 0 bridgehead atoms. The molecule has 0 aromatic rings. The van der Waals surface area contributed by atoms with E-state index in [-0.39, 0.29) is 6.42 Å². The zero-order valence-corrected chi connectivity index (χ0v) is 6.10. The number of ether oxygens (including phenoxy) is 1. The molecule has 2 atom stereocenters. The first-order chi connectivity index (χ1) is 5.40. The molecule has 1 rings (SSSR count). The summed E-state index contributed by atoms with van der Waals surface area (Å²) in [6, 6.07) is 0. The van der Waals surface area contributed by atoms with Gasteiger partial charge in [-0.25, -0.2) is 0 Å². The standard InChI is InChI=1S/C6H8F3NO2/c7-6(8,9)12-4-2-1-3(4)5(10)11/h3-4H,1-2H2,(H2,10,11). The van der Waals surface area contributed by atoms with Crippen LogP contribution in [0.25, 0.3) is 0 Å². The summed E-state index contributed by atoms with van der Waals surface area (Å²) in [5, 5.41) is 0. The Bertz CT molecular complexity index is 192. The average molecular weight is 183 g/mol. The van der Waals surface area contributed by atoms with Crippen LogP contribution in [0.5, 0.6) is 0 Å². The van der Waals surface area contributed by atoms with E-state index in [0.29, 0.717) is 6.42 Å². The van der Waals surface area contributed by atoms with Gasteiger partial charge in [0.05, 0.1) is 12.0 Å². The molecule has 70 valence electrons. The van der Waals surface area contributed by atoms with E-state index in [1.165, 1.54) is 0 Å². The summed E-state index contributed by atoms with van der Waals surface area (Å²) in [5.74, 6) is -1.50. The van der Waals surface area contributed by atoms with Gasteiger partial charge in [0.15, 0.2) is 0 Å². The van der Waals surface area contributed by atoms with Crippen LogP contribution in [-0.2, 0) is 9.53 Å². The number of nitrogens with two attached hydrogens (primary N) is 1. The third kappa shape index (κ3) is 2.10. The first-order valence-electron chi connectivity index (χ1n) is 3.44. The Balaban J connectivity index is 2.40. The van der Waals surface area contributed by atoms with E-state index in [2.05, 4.69) is 4.74 Å². The van der Waals surface area contributed by atoms with Crippen molar-refractivity contribution < 1.29 is 22.7 Å². The minimum absolute atomic E-state index is 0.243. The molecule has 2 N–H and O–H groups in total. The summed E-state index contributed by atoms with van der Waals surface area (Å²) in [6.45, 7) is 0. The maximum Gasteiger partial charge on any atom is 0.522 e. The second-order valence-electron chi connectivity index (χ2n) is 2.69. The van der Waals surface area contributed by atoms with Crippen LogP contribution >= 0.6 is 0 Å². The lowest BCUT2D eigenvalue weighted by atomic mass is 9.81. The molecule has 1 aliphatic carbocycles. The van der Waals surface area contributed by atoms with Crippen LogP contribution in [0.2, 0.25) is 0 Å². The van der Waals surface area contributed by atoms with Gasteiger partial charge < -0.3 is 5.73 Å².